The van der Waals surface area contributed by atoms with E-state index in [2.05, 4.69) is 12.2 Å². The molecule has 0 spiro atoms. The number of benzene rings is 6. The summed E-state index contributed by atoms with van der Waals surface area (Å²) in [6, 6.07) is 35.2. The number of carbonyl (C=O) groups excluding carboxylic acids is 4. The van der Waals surface area contributed by atoms with Crippen molar-refractivity contribution < 1.29 is 19.2 Å². The van der Waals surface area contributed by atoms with Crippen LogP contribution >= 0.6 is 21.6 Å². The Labute approximate surface area is 316 Å². The predicted molar refractivity (Wildman–Crippen MR) is 217 cm³/mol. The molecule has 0 radical (unpaired) electrons. The van der Waals surface area contributed by atoms with E-state index in [9.17, 15) is 19.2 Å². The van der Waals surface area contributed by atoms with Gasteiger partial charge in [-0.3, -0.25) is 19.2 Å². The van der Waals surface area contributed by atoms with Gasteiger partial charge in [0, 0.05) is 60.4 Å². The number of amides is 4. The van der Waals surface area contributed by atoms with Crippen molar-refractivity contribution in [3.63, 3.8) is 0 Å². The molecule has 2 aliphatic rings. The average Bonchev–Trinajstić information content (AvgIpc) is 3.19. The van der Waals surface area contributed by atoms with Crippen LogP contribution in [0.15, 0.2) is 125 Å². The van der Waals surface area contributed by atoms with E-state index in [-0.39, 0.29) is 23.6 Å². The van der Waals surface area contributed by atoms with Crippen LogP contribution in [0.5, 0.6) is 0 Å². The summed E-state index contributed by atoms with van der Waals surface area (Å²) in [6.45, 7) is 3.07. The molecule has 264 valence electrons. The average molecular weight is 736 g/mol. The van der Waals surface area contributed by atoms with E-state index in [1.165, 1.54) is 63.5 Å². The fourth-order valence-electron chi connectivity index (χ4n) is 7.28. The molecule has 1 N–H and O–H groups in total. The zero-order chi connectivity index (χ0) is 36.5. The first kappa shape index (κ1) is 34.7. The Morgan fingerprint density at radius 2 is 0.962 bits per heavy atom. The van der Waals surface area contributed by atoms with E-state index in [0.29, 0.717) is 44.4 Å². The van der Waals surface area contributed by atoms with Crippen LogP contribution in [0, 0.1) is 0 Å². The lowest BCUT2D eigenvalue weighted by Crippen LogP contribution is -2.40. The zero-order valence-corrected chi connectivity index (χ0v) is 30.9. The molecule has 53 heavy (non-hydrogen) atoms. The summed E-state index contributed by atoms with van der Waals surface area (Å²) in [4.78, 5) is 58.9. The molecule has 0 bridgehead atoms. The number of imide groups is 2. The molecule has 0 atom stereocenters. The first-order valence-corrected chi connectivity index (χ1v) is 20.2. The Kier molecular flexibility index (Phi) is 9.77. The molecule has 0 saturated heterocycles. The van der Waals surface area contributed by atoms with Gasteiger partial charge >= 0.3 is 0 Å². The highest BCUT2D eigenvalue weighted by Crippen LogP contribution is 2.41. The predicted octanol–water partition coefficient (Wildman–Crippen LogP) is 11.2. The fraction of sp³-hybridized carbons (Fsp3) is 0.182. The molecule has 6 aromatic carbocycles. The van der Waals surface area contributed by atoms with Crippen molar-refractivity contribution in [2.24, 2.45) is 0 Å². The standard InChI is InChI=1S/C44H37N3O4S2/c1-2-3-4-5-6-7-27-45-38-26-25-37-40-33(38)13-10-16-36(40)43(50)47(44(37)51)30-19-23-32(24-20-30)53-52-31-21-17-29(18-22-31)46-41(48)34-14-8-11-28-12-9-15-35(39(28)34)42(46)49/h8-26,45H,2-7,27H2,1H3. The lowest BCUT2D eigenvalue weighted by Gasteiger charge is -2.28. The van der Waals surface area contributed by atoms with Gasteiger partial charge in [-0.25, -0.2) is 9.80 Å². The van der Waals surface area contributed by atoms with Gasteiger partial charge < -0.3 is 5.32 Å². The highest BCUT2D eigenvalue weighted by molar-refractivity contribution is 8.76. The Morgan fingerprint density at radius 3 is 1.51 bits per heavy atom. The molecule has 6 aromatic rings. The second-order valence-corrected chi connectivity index (χ2v) is 15.6. The van der Waals surface area contributed by atoms with Gasteiger partial charge in [0.2, 0.25) is 0 Å². The molecule has 0 saturated carbocycles. The smallest absolute Gasteiger partial charge is 0.265 e. The number of unbranched alkanes of at least 4 members (excludes halogenated alkanes) is 5. The van der Waals surface area contributed by atoms with Crippen LogP contribution < -0.4 is 15.1 Å². The second kappa shape index (κ2) is 14.9. The van der Waals surface area contributed by atoms with Crippen molar-refractivity contribution in [1.29, 1.82) is 0 Å². The van der Waals surface area contributed by atoms with Gasteiger partial charge in [-0.15, -0.1) is 0 Å². The molecule has 0 aliphatic carbocycles. The largest absolute Gasteiger partial charge is 0.385 e. The Bertz CT molecular complexity index is 2340. The van der Waals surface area contributed by atoms with Crippen LogP contribution in [0.2, 0.25) is 0 Å². The van der Waals surface area contributed by atoms with E-state index in [4.69, 9.17) is 0 Å². The monoisotopic (exact) mass is 735 g/mol. The van der Waals surface area contributed by atoms with Gasteiger partial charge in [0.1, 0.15) is 0 Å². The molecule has 9 heteroatoms. The first-order chi connectivity index (χ1) is 25.9. The van der Waals surface area contributed by atoms with Gasteiger partial charge in [0.15, 0.2) is 0 Å². The molecule has 7 nitrogen and oxygen atoms in total. The van der Waals surface area contributed by atoms with Gasteiger partial charge in [0.25, 0.3) is 23.6 Å². The normalized spacial score (nSPS) is 13.8. The van der Waals surface area contributed by atoms with Crippen molar-refractivity contribution in [1.82, 2.24) is 0 Å². The SMILES string of the molecule is CCCCCCCCNc1ccc2c3c(cccc13)C(=O)N(c1ccc(SSc3ccc(N4C(=O)c5cccc6cccc(c56)C4=O)cc3)cc1)C2=O. The van der Waals surface area contributed by atoms with Crippen LogP contribution in [-0.2, 0) is 0 Å². The molecule has 8 rings (SSSR count). The molecule has 0 unspecified atom stereocenters. The van der Waals surface area contributed by atoms with Crippen LogP contribution in [0.25, 0.3) is 21.5 Å². The third kappa shape index (κ3) is 6.49. The van der Waals surface area contributed by atoms with E-state index in [0.717, 1.165) is 39.2 Å². The highest BCUT2D eigenvalue weighted by Gasteiger charge is 2.35. The number of nitrogens with zero attached hydrogens (tertiary/aromatic N) is 2. The van der Waals surface area contributed by atoms with E-state index in [1.807, 2.05) is 72.8 Å². The summed E-state index contributed by atoms with van der Waals surface area (Å²) in [5, 5.41) is 6.71. The summed E-state index contributed by atoms with van der Waals surface area (Å²) in [6.07, 6.45) is 7.29. The third-order valence-corrected chi connectivity index (χ3v) is 12.4. The van der Waals surface area contributed by atoms with E-state index >= 15 is 0 Å². The number of hydrogen-bond donors (Lipinski definition) is 1. The summed E-state index contributed by atoms with van der Waals surface area (Å²) >= 11 is 0. The van der Waals surface area contributed by atoms with Crippen molar-refractivity contribution in [3.05, 3.63) is 138 Å². The summed E-state index contributed by atoms with van der Waals surface area (Å²) < 4.78 is 0. The highest BCUT2D eigenvalue weighted by atomic mass is 33.1. The minimum Gasteiger partial charge on any atom is -0.385 e. The maximum Gasteiger partial charge on any atom is 0.265 e. The lowest BCUT2D eigenvalue weighted by molar-refractivity contribution is 0.0877. The van der Waals surface area contributed by atoms with E-state index < -0.39 is 0 Å². The molecule has 0 fully saturated rings. The van der Waals surface area contributed by atoms with Crippen molar-refractivity contribution >= 4 is 83.8 Å². The van der Waals surface area contributed by atoms with Gasteiger partial charge in [-0.2, -0.15) is 0 Å². The molecule has 0 aromatic heterocycles. The summed E-state index contributed by atoms with van der Waals surface area (Å²) in [5.74, 6) is -1.33. The van der Waals surface area contributed by atoms with Crippen LogP contribution in [0.1, 0.15) is 86.9 Å². The summed E-state index contributed by atoms with van der Waals surface area (Å²) in [5.41, 5.74) is 4.05. The van der Waals surface area contributed by atoms with Crippen molar-refractivity contribution in [2.75, 3.05) is 21.7 Å². The van der Waals surface area contributed by atoms with Crippen LogP contribution in [-0.4, -0.2) is 30.2 Å². The minimum atomic E-state index is -0.333. The Morgan fingerprint density at radius 1 is 0.491 bits per heavy atom. The quantitative estimate of drug-likeness (QED) is 0.0718. The lowest BCUT2D eigenvalue weighted by atomic mass is 9.92. The van der Waals surface area contributed by atoms with Gasteiger partial charge in [-0.1, -0.05) is 97.0 Å². The number of nitrogens with one attached hydrogen (secondary N) is 1. The zero-order valence-electron chi connectivity index (χ0n) is 29.3. The first-order valence-electron chi connectivity index (χ1n) is 18.1. The van der Waals surface area contributed by atoms with Gasteiger partial charge in [-0.05, 0) is 90.7 Å². The third-order valence-electron chi connectivity index (χ3n) is 9.95. The number of carbonyl (C=O) groups is 4. The maximum atomic E-state index is 13.8. The number of rotatable bonds is 13. The summed E-state index contributed by atoms with van der Waals surface area (Å²) in [7, 11) is 3.06. The number of hydrogen-bond acceptors (Lipinski definition) is 7. The van der Waals surface area contributed by atoms with Crippen molar-refractivity contribution in [3.8, 4) is 0 Å². The van der Waals surface area contributed by atoms with E-state index in [1.54, 1.807) is 42.5 Å². The Hall–Kier alpha value is -5.38. The maximum absolute atomic E-state index is 13.8. The minimum absolute atomic E-state index is 0.332. The Balaban J connectivity index is 0.925. The molecule has 2 heterocycles. The number of anilines is 3. The molecular weight excluding hydrogens is 699 g/mol. The molecule has 2 aliphatic heterocycles. The second-order valence-electron chi connectivity index (χ2n) is 13.3. The molecular formula is C44H37N3O4S2. The fourth-order valence-corrected chi connectivity index (χ4v) is 9.21. The van der Waals surface area contributed by atoms with Crippen LogP contribution in [0.4, 0.5) is 17.1 Å². The topological polar surface area (TPSA) is 86.8 Å². The van der Waals surface area contributed by atoms with Crippen molar-refractivity contribution in [2.45, 2.75) is 55.2 Å². The van der Waals surface area contributed by atoms with Crippen LogP contribution in [0.3, 0.4) is 0 Å². The van der Waals surface area contributed by atoms with Gasteiger partial charge in [0.05, 0.1) is 11.4 Å². The molecule has 4 amide bonds.